The molecular formula is C13H14N2O. The number of aliphatic imine (C=N–C) groups is 1. The van der Waals surface area contributed by atoms with Crippen LogP contribution in [0.1, 0.15) is 11.3 Å². The first kappa shape index (κ1) is 10.5. The number of aromatic amines is 1. The molecule has 0 saturated carbocycles. The van der Waals surface area contributed by atoms with Crippen LogP contribution >= 0.6 is 0 Å². The number of rotatable bonds is 3. The monoisotopic (exact) mass is 214 g/mol. The quantitative estimate of drug-likeness (QED) is 0.783. The van der Waals surface area contributed by atoms with E-state index in [0.29, 0.717) is 0 Å². The molecule has 3 heteroatoms. The van der Waals surface area contributed by atoms with Crippen molar-refractivity contribution in [2.24, 2.45) is 4.99 Å². The van der Waals surface area contributed by atoms with Crippen LogP contribution in [-0.4, -0.2) is 18.3 Å². The van der Waals surface area contributed by atoms with E-state index in [1.165, 1.54) is 5.56 Å². The minimum absolute atomic E-state index is 0.786. The fourth-order valence-electron chi connectivity index (χ4n) is 1.46. The maximum atomic E-state index is 5.25. The van der Waals surface area contributed by atoms with Crippen molar-refractivity contribution in [1.29, 1.82) is 0 Å². The highest BCUT2D eigenvalue weighted by atomic mass is 16.5. The van der Waals surface area contributed by atoms with Gasteiger partial charge in [-0.2, -0.15) is 0 Å². The van der Waals surface area contributed by atoms with Crippen LogP contribution in [-0.2, 0) is 0 Å². The van der Waals surface area contributed by atoms with E-state index in [1.807, 2.05) is 43.5 Å². The van der Waals surface area contributed by atoms with Gasteiger partial charge in [0.05, 0.1) is 19.0 Å². The number of methoxy groups -OCH3 is 1. The van der Waals surface area contributed by atoms with E-state index in [2.05, 4.69) is 9.98 Å². The Morgan fingerprint density at radius 3 is 2.88 bits per heavy atom. The molecule has 0 aliphatic rings. The van der Waals surface area contributed by atoms with Crippen molar-refractivity contribution < 1.29 is 4.74 Å². The molecule has 0 fully saturated rings. The summed E-state index contributed by atoms with van der Waals surface area (Å²) in [5.74, 6) is 0.786. The minimum atomic E-state index is 0.786. The first-order chi connectivity index (χ1) is 7.79. The van der Waals surface area contributed by atoms with E-state index >= 15 is 0 Å². The fraction of sp³-hybridized carbons (Fsp3) is 0.154. The van der Waals surface area contributed by atoms with Crippen molar-refractivity contribution in [2.75, 3.05) is 7.11 Å². The van der Waals surface area contributed by atoms with Gasteiger partial charge in [-0.15, -0.1) is 0 Å². The average molecular weight is 214 g/mol. The highest BCUT2D eigenvalue weighted by Gasteiger charge is 2.00. The zero-order chi connectivity index (χ0) is 11.4. The second kappa shape index (κ2) is 4.66. The molecule has 0 aliphatic carbocycles. The molecule has 0 radical (unpaired) electrons. The maximum Gasteiger partial charge on any atom is 0.144 e. The zero-order valence-electron chi connectivity index (χ0n) is 9.40. The standard InChI is InChI=1S/C13H14N2O/c1-10-5-6-13(16-2)12(8-10)15-9-11-4-3-7-14-11/h3-9,14H,1-2H3. The molecule has 1 heterocycles. The summed E-state index contributed by atoms with van der Waals surface area (Å²) < 4.78 is 5.25. The van der Waals surface area contributed by atoms with E-state index in [1.54, 1.807) is 13.3 Å². The number of nitrogens with one attached hydrogen (secondary N) is 1. The molecule has 2 rings (SSSR count). The van der Waals surface area contributed by atoms with Crippen LogP contribution in [0, 0.1) is 6.92 Å². The van der Waals surface area contributed by atoms with Gasteiger partial charge in [0.25, 0.3) is 0 Å². The normalized spacial score (nSPS) is 10.9. The van der Waals surface area contributed by atoms with Crippen molar-refractivity contribution in [3.8, 4) is 5.75 Å². The predicted octanol–water partition coefficient (Wildman–Crippen LogP) is 3.08. The van der Waals surface area contributed by atoms with Crippen molar-refractivity contribution >= 4 is 11.9 Å². The predicted molar refractivity (Wildman–Crippen MR) is 65.8 cm³/mol. The van der Waals surface area contributed by atoms with Crippen LogP contribution in [0.15, 0.2) is 41.5 Å². The third-order valence-corrected chi connectivity index (χ3v) is 2.30. The molecule has 2 aromatic rings. The molecule has 0 unspecified atom stereocenters. The van der Waals surface area contributed by atoms with Crippen molar-refractivity contribution in [1.82, 2.24) is 4.98 Å². The number of hydrogen-bond acceptors (Lipinski definition) is 2. The topological polar surface area (TPSA) is 37.4 Å². The molecule has 0 bridgehead atoms. The Kier molecular flexibility index (Phi) is 3.05. The van der Waals surface area contributed by atoms with Crippen molar-refractivity contribution in [3.63, 3.8) is 0 Å². The lowest BCUT2D eigenvalue weighted by Crippen LogP contribution is -1.85. The maximum absolute atomic E-state index is 5.25. The Bertz CT molecular complexity index is 487. The third-order valence-electron chi connectivity index (χ3n) is 2.30. The average Bonchev–Trinajstić information content (AvgIpc) is 2.79. The number of ether oxygens (including phenoxy) is 1. The molecule has 0 saturated heterocycles. The lowest BCUT2D eigenvalue weighted by molar-refractivity contribution is 0.416. The Labute approximate surface area is 94.8 Å². The summed E-state index contributed by atoms with van der Waals surface area (Å²) in [6.07, 6.45) is 3.66. The van der Waals surface area contributed by atoms with Crippen molar-refractivity contribution in [2.45, 2.75) is 6.92 Å². The van der Waals surface area contributed by atoms with Gasteiger partial charge in [0.2, 0.25) is 0 Å². The molecule has 3 nitrogen and oxygen atoms in total. The summed E-state index contributed by atoms with van der Waals surface area (Å²) >= 11 is 0. The number of aromatic nitrogens is 1. The van der Waals surface area contributed by atoms with Crippen molar-refractivity contribution in [3.05, 3.63) is 47.8 Å². The largest absolute Gasteiger partial charge is 0.494 e. The van der Waals surface area contributed by atoms with Crippen LogP contribution < -0.4 is 4.74 Å². The van der Waals surface area contributed by atoms with Crippen LogP contribution in [0.25, 0.3) is 0 Å². The second-order valence-corrected chi connectivity index (χ2v) is 3.56. The van der Waals surface area contributed by atoms with Gasteiger partial charge >= 0.3 is 0 Å². The molecule has 0 amide bonds. The number of nitrogens with zero attached hydrogens (tertiary/aromatic N) is 1. The minimum Gasteiger partial charge on any atom is -0.494 e. The molecule has 0 spiro atoms. The van der Waals surface area contributed by atoms with Gasteiger partial charge in [-0.1, -0.05) is 6.07 Å². The lowest BCUT2D eigenvalue weighted by Gasteiger charge is -2.04. The van der Waals surface area contributed by atoms with Crippen LogP contribution in [0.2, 0.25) is 0 Å². The second-order valence-electron chi connectivity index (χ2n) is 3.56. The van der Waals surface area contributed by atoms with E-state index in [9.17, 15) is 0 Å². The first-order valence-corrected chi connectivity index (χ1v) is 5.11. The Balaban J connectivity index is 2.29. The summed E-state index contributed by atoms with van der Waals surface area (Å²) in [5, 5.41) is 0. The van der Waals surface area contributed by atoms with Gasteiger partial charge in [-0.05, 0) is 36.8 Å². The van der Waals surface area contributed by atoms with E-state index < -0.39 is 0 Å². The highest BCUT2D eigenvalue weighted by Crippen LogP contribution is 2.27. The molecule has 16 heavy (non-hydrogen) atoms. The Hall–Kier alpha value is -2.03. The lowest BCUT2D eigenvalue weighted by atomic mass is 10.2. The van der Waals surface area contributed by atoms with Crippen LogP contribution in [0.3, 0.4) is 0 Å². The summed E-state index contributed by atoms with van der Waals surface area (Å²) in [5.41, 5.74) is 2.99. The Morgan fingerprint density at radius 2 is 2.19 bits per heavy atom. The first-order valence-electron chi connectivity index (χ1n) is 5.11. The number of aryl methyl sites for hydroxylation is 1. The number of H-pyrrole nitrogens is 1. The molecular weight excluding hydrogens is 200 g/mol. The molecule has 1 aromatic heterocycles. The zero-order valence-corrected chi connectivity index (χ0v) is 9.40. The van der Waals surface area contributed by atoms with Gasteiger partial charge in [0.15, 0.2) is 0 Å². The summed E-state index contributed by atoms with van der Waals surface area (Å²) in [4.78, 5) is 7.47. The van der Waals surface area contributed by atoms with Gasteiger partial charge in [-0.25, -0.2) is 0 Å². The highest BCUT2D eigenvalue weighted by molar-refractivity contribution is 5.80. The van der Waals surface area contributed by atoms with Crippen LogP contribution in [0.4, 0.5) is 5.69 Å². The molecule has 1 aromatic carbocycles. The summed E-state index contributed by atoms with van der Waals surface area (Å²) in [6.45, 7) is 2.03. The summed E-state index contributed by atoms with van der Waals surface area (Å²) in [7, 11) is 1.65. The van der Waals surface area contributed by atoms with Gasteiger partial charge in [-0.3, -0.25) is 4.99 Å². The third kappa shape index (κ3) is 2.31. The van der Waals surface area contributed by atoms with Crippen LogP contribution in [0.5, 0.6) is 5.75 Å². The van der Waals surface area contributed by atoms with E-state index in [0.717, 1.165) is 17.1 Å². The number of hydrogen-bond donors (Lipinski definition) is 1. The summed E-state index contributed by atoms with van der Waals surface area (Å²) in [6, 6.07) is 9.84. The van der Waals surface area contributed by atoms with Gasteiger partial charge in [0, 0.05) is 6.20 Å². The molecule has 0 atom stereocenters. The smallest absolute Gasteiger partial charge is 0.144 e. The molecule has 0 aliphatic heterocycles. The molecule has 1 N–H and O–H groups in total. The van der Waals surface area contributed by atoms with Gasteiger partial charge in [0.1, 0.15) is 11.4 Å². The van der Waals surface area contributed by atoms with E-state index in [4.69, 9.17) is 4.74 Å². The number of benzene rings is 1. The van der Waals surface area contributed by atoms with Gasteiger partial charge < -0.3 is 9.72 Å². The fourth-order valence-corrected chi connectivity index (χ4v) is 1.46. The Morgan fingerprint density at radius 1 is 1.31 bits per heavy atom. The SMILES string of the molecule is COc1ccc(C)cc1N=Cc1ccc[nH]1. The molecule has 82 valence electrons. The van der Waals surface area contributed by atoms with E-state index in [-0.39, 0.29) is 0 Å².